The summed E-state index contributed by atoms with van der Waals surface area (Å²) in [5.74, 6) is 0.312. The summed E-state index contributed by atoms with van der Waals surface area (Å²) < 4.78 is 4.85. The predicted molar refractivity (Wildman–Crippen MR) is 102 cm³/mol. The van der Waals surface area contributed by atoms with Crippen LogP contribution in [-0.4, -0.2) is 63.6 Å². The van der Waals surface area contributed by atoms with Crippen LogP contribution in [0.25, 0.3) is 0 Å². The van der Waals surface area contributed by atoms with Gasteiger partial charge in [0, 0.05) is 31.1 Å². The monoisotopic (exact) mass is 389 g/mol. The van der Waals surface area contributed by atoms with Gasteiger partial charge in [0.05, 0.1) is 19.1 Å². The van der Waals surface area contributed by atoms with E-state index in [1.807, 2.05) is 18.4 Å². The summed E-state index contributed by atoms with van der Waals surface area (Å²) in [6, 6.07) is 2.44. The first kappa shape index (κ1) is 19.2. The largest absolute Gasteiger partial charge is 0.467 e. The zero-order chi connectivity index (χ0) is 19.2. The molecule has 0 fully saturated rings. The number of pyridine rings is 1. The lowest BCUT2D eigenvalue weighted by molar-refractivity contribution is -0.142. The Balaban J connectivity index is 1.85. The lowest BCUT2D eigenvalue weighted by Gasteiger charge is -2.36. The van der Waals surface area contributed by atoms with Gasteiger partial charge in [-0.05, 0) is 36.1 Å². The summed E-state index contributed by atoms with van der Waals surface area (Å²) >= 11 is 1.62. The first-order valence-corrected chi connectivity index (χ1v) is 10.1. The van der Waals surface area contributed by atoms with Gasteiger partial charge in [0.15, 0.2) is 0 Å². The van der Waals surface area contributed by atoms with E-state index < -0.39 is 12.0 Å². The lowest BCUT2D eigenvalue weighted by atomic mass is 9.97. The first-order chi connectivity index (χ1) is 13.2. The summed E-state index contributed by atoms with van der Waals surface area (Å²) in [6.45, 7) is 0.518. The van der Waals surface area contributed by atoms with Crippen LogP contribution in [0.5, 0.6) is 0 Å². The van der Waals surface area contributed by atoms with Crippen molar-refractivity contribution in [2.45, 2.75) is 24.9 Å². The second-order valence-electron chi connectivity index (χ2n) is 6.20. The van der Waals surface area contributed by atoms with Crippen molar-refractivity contribution < 1.29 is 14.3 Å². The van der Waals surface area contributed by atoms with Crippen molar-refractivity contribution in [2.24, 2.45) is 0 Å². The normalized spacial score (nSPS) is 17.1. The Morgan fingerprint density at radius 1 is 1.44 bits per heavy atom. The molecule has 1 aliphatic heterocycles. The zero-order valence-electron chi connectivity index (χ0n) is 15.3. The molecule has 0 radical (unpaired) electrons. The summed E-state index contributed by atoms with van der Waals surface area (Å²) in [7, 11) is 1.33. The van der Waals surface area contributed by atoms with Crippen LogP contribution in [0.3, 0.4) is 0 Å². The number of fused-ring (bicyclic) bond motifs is 1. The van der Waals surface area contributed by atoms with Gasteiger partial charge in [-0.3, -0.25) is 4.98 Å². The van der Waals surface area contributed by atoms with E-state index in [9.17, 15) is 9.59 Å². The molecule has 2 amide bonds. The number of aromatic amines is 1. The Kier molecular flexibility index (Phi) is 6.33. The smallest absolute Gasteiger partial charge is 0.328 e. The number of H-pyrrole nitrogens is 1. The Hall–Kier alpha value is -2.55. The van der Waals surface area contributed by atoms with Gasteiger partial charge >= 0.3 is 12.0 Å². The highest BCUT2D eigenvalue weighted by atomic mass is 32.2. The van der Waals surface area contributed by atoms with Gasteiger partial charge in [0.1, 0.15) is 12.1 Å². The van der Waals surface area contributed by atoms with Gasteiger partial charge < -0.3 is 19.9 Å². The molecule has 0 spiro atoms. The molecule has 1 aliphatic rings. The van der Waals surface area contributed by atoms with Gasteiger partial charge in [-0.25, -0.2) is 14.6 Å². The highest BCUT2D eigenvalue weighted by Crippen LogP contribution is 2.33. The number of ether oxygens (including phenoxy) is 1. The molecule has 9 heteroatoms. The molecular formula is C18H23N5O3S. The van der Waals surface area contributed by atoms with Crippen molar-refractivity contribution in [1.82, 2.24) is 25.2 Å². The maximum absolute atomic E-state index is 13.1. The van der Waals surface area contributed by atoms with Crippen LogP contribution in [0.4, 0.5) is 4.79 Å². The summed E-state index contributed by atoms with van der Waals surface area (Å²) in [6.07, 6.45) is 8.19. The molecule has 2 aromatic rings. The van der Waals surface area contributed by atoms with Crippen LogP contribution >= 0.6 is 11.8 Å². The highest BCUT2D eigenvalue weighted by molar-refractivity contribution is 7.98. The lowest BCUT2D eigenvalue weighted by Crippen LogP contribution is -2.51. The fourth-order valence-electron chi connectivity index (χ4n) is 3.24. The number of imidazole rings is 1. The molecule has 8 nitrogen and oxygen atoms in total. The van der Waals surface area contributed by atoms with E-state index >= 15 is 0 Å². The van der Waals surface area contributed by atoms with Gasteiger partial charge in [0.2, 0.25) is 0 Å². The quantitative estimate of drug-likeness (QED) is 0.730. The third kappa shape index (κ3) is 4.24. The van der Waals surface area contributed by atoms with Crippen molar-refractivity contribution >= 4 is 23.8 Å². The molecular weight excluding hydrogens is 366 g/mol. The third-order valence-electron chi connectivity index (χ3n) is 4.60. The Labute approximate surface area is 162 Å². The summed E-state index contributed by atoms with van der Waals surface area (Å²) in [4.78, 5) is 38.5. The number of thioether (sulfide) groups is 1. The van der Waals surface area contributed by atoms with E-state index in [1.54, 1.807) is 35.4 Å². The molecule has 2 aromatic heterocycles. The van der Waals surface area contributed by atoms with Gasteiger partial charge in [-0.1, -0.05) is 0 Å². The second-order valence-corrected chi connectivity index (χ2v) is 7.19. The Morgan fingerprint density at radius 2 is 2.22 bits per heavy atom. The molecule has 27 heavy (non-hydrogen) atoms. The summed E-state index contributed by atoms with van der Waals surface area (Å²) in [5.41, 5.74) is 2.76. The molecule has 0 bridgehead atoms. The second kappa shape index (κ2) is 8.90. The number of rotatable bonds is 6. The van der Waals surface area contributed by atoms with Gasteiger partial charge in [0.25, 0.3) is 0 Å². The number of amides is 2. The van der Waals surface area contributed by atoms with E-state index in [4.69, 9.17) is 4.74 Å². The maximum Gasteiger partial charge on any atom is 0.328 e. The minimum Gasteiger partial charge on any atom is -0.467 e. The molecule has 0 saturated carbocycles. The van der Waals surface area contributed by atoms with Gasteiger partial charge in [-0.2, -0.15) is 11.8 Å². The molecule has 0 aromatic carbocycles. The van der Waals surface area contributed by atoms with E-state index in [-0.39, 0.29) is 12.1 Å². The molecule has 144 valence electrons. The van der Waals surface area contributed by atoms with Crippen LogP contribution in [0.1, 0.15) is 29.4 Å². The van der Waals surface area contributed by atoms with Crippen molar-refractivity contribution in [3.8, 4) is 0 Å². The van der Waals surface area contributed by atoms with Crippen LogP contribution in [0.15, 0.2) is 30.9 Å². The fraction of sp³-hybridized carbons (Fsp3) is 0.444. The Bertz CT molecular complexity index is 782. The number of urea groups is 1. The number of hydrogen-bond donors (Lipinski definition) is 2. The number of carbonyl (C=O) groups excluding carboxylic acids is 2. The number of nitrogens with zero attached hydrogens (tertiary/aromatic N) is 3. The van der Waals surface area contributed by atoms with Crippen molar-refractivity contribution in [2.75, 3.05) is 25.7 Å². The van der Waals surface area contributed by atoms with Crippen LogP contribution < -0.4 is 5.32 Å². The van der Waals surface area contributed by atoms with Crippen molar-refractivity contribution in [3.63, 3.8) is 0 Å². The SMILES string of the molecule is COC(=O)[C@H](CCSC)NC(=O)N1CCc2[nH]cnc2[C@H]1c1ccncc1. The van der Waals surface area contributed by atoms with E-state index in [0.29, 0.717) is 19.4 Å². The molecule has 3 rings (SSSR count). The Morgan fingerprint density at radius 3 is 2.93 bits per heavy atom. The number of nitrogens with one attached hydrogen (secondary N) is 2. The average Bonchev–Trinajstić information content (AvgIpc) is 3.19. The zero-order valence-corrected chi connectivity index (χ0v) is 16.2. The molecule has 2 N–H and O–H groups in total. The summed E-state index contributed by atoms with van der Waals surface area (Å²) in [5, 5.41) is 2.84. The fourth-order valence-corrected chi connectivity index (χ4v) is 3.71. The van der Waals surface area contributed by atoms with Crippen LogP contribution in [0.2, 0.25) is 0 Å². The van der Waals surface area contributed by atoms with E-state index in [2.05, 4.69) is 20.3 Å². The van der Waals surface area contributed by atoms with E-state index in [1.165, 1.54) is 7.11 Å². The maximum atomic E-state index is 13.1. The minimum absolute atomic E-state index is 0.304. The molecule has 0 aliphatic carbocycles. The van der Waals surface area contributed by atoms with Crippen LogP contribution in [0, 0.1) is 0 Å². The molecule has 0 unspecified atom stereocenters. The van der Waals surface area contributed by atoms with Crippen LogP contribution in [-0.2, 0) is 16.0 Å². The number of methoxy groups -OCH3 is 1. The number of carbonyl (C=O) groups is 2. The van der Waals surface area contributed by atoms with Crippen molar-refractivity contribution in [3.05, 3.63) is 47.8 Å². The number of hydrogen-bond acceptors (Lipinski definition) is 6. The molecule has 3 heterocycles. The number of aromatic nitrogens is 3. The standard InChI is InChI=1S/C18H23N5O3S/c1-26-17(24)14(6-10-27-2)22-18(25)23-9-5-13-15(21-11-20-13)16(23)12-3-7-19-8-4-12/h3-4,7-8,11,14,16H,5-6,9-10H2,1-2H3,(H,20,21)(H,22,25)/t14-,16+/m0/s1. The van der Waals surface area contributed by atoms with Gasteiger partial charge in [-0.15, -0.1) is 0 Å². The first-order valence-electron chi connectivity index (χ1n) is 8.71. The van der Waals surface area contributed by atoms with E-state index in [0.717, 1.165) is 22.7 Å². The predicted octanol–water partition coefficient (Wildman–Crippen LogP) is 1.76. The highest BCUT2D eigenvalue weighted by Gasteiger charge is 2.35. The van der Waals surface area contributed by atoms with Crippen molar-refractivity contribution in [1.29, 1.82) is 0 Å². The topological polar surface area (TPSA) is 100 Å². The average molecular weight is 389 g/mol. The minimum atomic E-state index is -0.673. The number of esters is 1. The third-order valence-corrected chi connectivity index (χ3v) is 5.25. The molecule has 0 saturated heterocycles. The molecule has 2 atom stereocenters.